The average molecular weight is 374 g/mol. The van der Waals surface area contributed by atoms with Crippen LogP contribution in [0.1, 0.15) is 5.56 Å². The Bertz CT molecular complexity index is 545. The lowest BCUT2D eigenvalue weighted by atomic mass is 10.2. The molecule has 2 aromatic rings. The first kappa shape index (κ1) is 13.6. The molecule has 2 nitrogen and oxygen atoms in total. The minimum Gasteiger partial charge on any atom is -0.457 e. The molecule has 0 aromatic heterocycles. The molecule has 0 atom stereocenters. The molecule has 2 aromatic carbocycles. The number of ether oxygens (including phenoxy) is 1. The minimum absolute atomic E-state index is 0.679. The van der Waals surface area contributed by atoms with Gasteiger partial charge in [0.2, 0.25) is 0 Å². The predicted molar refractivity (Wildman–Crippen MR) is 83.4 cm³/mol. The molecule has 94 valence electrons. The van der Waals surface area contributed by atoms with Crippen molar-refractivity contribution in [2.45, 2.75) is 6.54 Å². The summed E-state index contributed by atoms with van der Waals surface area (Å²) in [4.78, 5) is 0. The maximum atomic E-state index is 6.18. The van der Waals surface area contributed by atoms with E-state index in [1.54, 1.807) is 0 Å². The maximum Gasteiger partial charge on any atom is 0.133 e. The van der Waals surface area contributed by atoms with Crippen molar-refractivity contribution in [2.24, 2.45) is 0 Å². The molecule has 2 rings (SSSR count). The molecule has 1 N–H and O–H groups in total. The maximum absolute atomic E-state index is 6.18. The molecule has 4 heteroatoms. The van der Waals surface area contributed by atoms with Gasteiger partial charge in [0.25, 0.3) is 0 Å². The molecule has 18 heavy (non-hydrogen) atoms. The van der Waals surface area contributed by atoms with Gasteiger partial charge in [0.05, 0.1) is 0 Å². The number of benzene rings is 2. The second-order valence-electron chi connectivity index (χ2n) is 3.81. The molecule has 0 aliphatic rings. The number of halogens is 2. The lowest BCUT2D eigenvalue weighted by Gasteiger charge is -2.12. The van der Waals surface area contributed by atoms with Crippen molar-refractivity contribution >= 4 is 34.2 Å². The molecule has 0 aliphatic carbocycles. The quantitative estimate of drug-likeness (QED) is 0.799. The topological polar surface area (TPSA) is 21.3 Å². The van der Waals surface area contributed by atoms with Crippen LogP contribution in [0.15, 0.2) is 42.5 Å². The van der Waals surface area contributed by atoms with Gasteiger partial charge >= 0.3 is 0 Å². The third-order valence-electron chi connectivity index (χ3n) is 2.45. The van der Waals surface area contributed by atoms with Crippen LogP contribution in [0.2, 0.25) is 5.02 Å². The Balaban J connectivity index is 2.31. The highest BCUT2D eigenvalue weighted by Gasteiger charge is 2.08. The van der Waals surface area contributed by atoms with Crippen LogP contribution in [0.4, 0.5) is 0 Å². The normalized spacial score (nSPS) is 10.4. The van der Waals surface area contributed by atoms with Gasteiger partial charge in [-0.05, 0) is 60.0 Å². The van der Waals surface area contributed by atoms with Crippen molar-refractivity contribution in [1.82, 2.24) is 5.32 Å². The fourth-order valence-electron chi connectivity index (χ4n) is 1.64. The first-order chi connectivity index (χ1) is 8.70. The lowest BCUT2D eigenvalue weighted by Crippen LogP contribution is -2.07. The molecule has 0 saturated heterocycles. The Kier molecular flexibility index (Phi) is 4.86. The van der Waals surface area contributed by atoms with E-state index in [1.807, 2.05) is 49.5 Å². The van der Waals surface area contributed by atoms with E-state index in [4.69, 9.17) is 16.3 Å². The van der Waals surface area contributed by atoms with Crippen molar-refractivity contribution in [2.75, 3.05) is 7.05 Å². The minimum atomic E-state index is 0.679. The van der Waals surface area contributed by atoms with E-state index in [0.29, 0.717) is 11.6 Å². The smallest absolute Gasteiger partial charge is 0.133 e. The van der Waals surface area contributed by atoms with Gasteiger partial charge in [0.15, 0.2) is 0 Å². The first-order valence-corrected chi connectivity index (χ1v) is 7.02. The molecule has 0 heterocycles. The summed E-state index contributed by atoms with van der Waals surface area (Å²) < 4.78 is 7.04. The highest BCUT2D eigenvalue weighted by molar-refractivity contribution is 14.1. The van der Waals surface area contributed by atoms with Gasteiger partial charge in [-0.25, -0.2) is 0 Å². The van der Waals surface area contributed by atoms with Crippen molar-refractivity contribution in [3.05, 3.63) is 56.6 Å². The van der Waals surface area contributed by atoms with E-state index in [0.717, 1.165) is 20.6 Å². The Morgan fingerprint density at radius 3 is 2.72 bits per heavy atom. The van der Waals surface area contributed by atoms with E-state index < -0.39 is 0 Å². The average Bonchev–Trinajstić information content (AvgIpc) is 2.34. The van der Waals surface area contributed by atoms with E-state index >= 15 is 0 Å². The summed E-state index contributed by atoms with van der Waals surface area (Å²) in [7, 11) is 1.89. The van der Waals surface area contributed by atoms with E-state index in [9.17, 15) is 0 Å². The predicted octanol–water partition coefficient (Wildman–Crippen LogP) is 4.46. The third-order valence-corrected chi connectivity index (χ3v) is 3.48. The van der Waals surface area contributed by atoms with Crippen LogP contribution in [0.25, 0.3) is 0 Å². The fourth-order valence-corrected chi connectivity index (χ4v) is 2.39. The van der Waals surface area contributed by atoms with E-state index in [2.05, 4.69) is 27.9 Å². The summed E-state index contributed by atoms with van der Waals surface area (Å²) in [5, 5.41) is 3.81. The van der Waals surface area contributed by atoms with Crippen molar-refractivity contribution in [3.8, 4) is 11.5 Å². The van der Waals surface area contributed by atoms with Crippen LogP contribution >= 0.6 is 34.2 Å². The van der Waals surface area contributed by atoms with Crippen LogP contribution in [0.3, 0.4) is 0 Å². The van der Waals surface area contributed by atoms with Crippen LogP contribution in [0.5, 0.6) is 11.5 Å². The second-order valence-corrected chi connectivity index (χ2v) is 5.46. The molecule has 0 bridgehead atoms. The van der Waals surface area contributed by atoms with Crippen LogP contribution in [0, 0.1) is 3.57 Å². The first-order valence-electron chi connectivity index (χ1n) is 5.56. The molecular formula is C14H13ClINO. The molecule has 0 unspecified atom stereocenters. The van der Waals surface area contributed by atoms with Gasteiger partial charge in [0, 0.05) is 20.7 Å². The number of rotatable bonds is 4. The largest absolute Gasteiger partial charge is 0.457 e. The Morgan fingerprint density at radius 1 is 1.22 bits per heavy atom. The highest BCUT2D eigenvalue weighted by atomic mass is 127. The summed E-state index contributed by atoms with van der Waals surface area (Å²) in [6.07, 6.45) is 0. The summed E-state index contributed by atoms with van der Waals surface area (Å²) in [5.41, 5.74) is 0.973. The summed E-state index contributed by atoms with van der Waals surface area (Å²) in [5.74, 6) is 1.61. The van der Waals surface area contributed by atoms with Gasteiger partial charge in [-0.3, -0.25) is 0 Å². The van der Waals surface area contributed by atoms with E-state index in [1.165, 1.54) is 0 Å². The zero-order chi connectivity index (χ0) is 13.0. The van der Waals surface area contributed by atoms with Crippen molar-refractivity contribution < 1.29 is 4.74 Å². The molecule has 0 radical (unpaired) electrons. The summed E-state index contributed by atoms with van der Waals surface area (Å²) in [6.45, 7) is 0.679. The monoisotopic (exact) mass is 373 g/mol. The number of hydrogen-bond donors (Lipinski definition) is 1. The van der Waals surface area contributed by atoms with Gasteiger partial charge in [-0.1, -0.05) is 23.7 Å². The second kappa shape index (κ2) is 6.41. The molecule has 0 fully saturated rings. The Labute approximate surface area is 125 Å². The molecule has 0 amide bonds. The lowest BCUT2D eigenvalue weighted by molar-refractivity contribution is 0.474. The molecule has 0 aliphatic heterocycles. The molecule has 0 saturated carbocycles. The zero-order valence-electron chi connectivity index (χ0n) is 9.91. The number of nitrogens with one attached hydrogen (secondary N) is 1. The van der Waals surface area contributed by atoms with Crippen LogP contribution < -0.4 is 10.1 Å². The number of hydrogen-bond acceptors (Lipinski definition) is 2. The van der Waals surface area contributed by atoms with Gasteiger partial charge in [0.1, 0.15) is 11.5 Å². The van der Waals surface area contributed by atoms with Gasteiger partial charge < -0.3 is 10.1 Å². The third kappa shape index (κ3) is 3.37. The highest BCUT2D eigenvalue weighted by Crippen LogP contribution is 2.30. The molecular weight excluding hydrogens is 361 g/mol. The van der Waals surface area contributed by atoms with Crippen molar-refractivity contribution in [3.63, 3.8) is 0 Å². The van der Waals surface area contributed by atoms with Gasteiger partial charge in [-0.15, -0.1) is 0 Å². The van der Waals surface area contributed by atoms with Crippen molar-refractivity contribution in [1.29, 1.82) is 0 Å². The summed E-state index contributed by atoms with van der Waals surface area (Å²) in [6, 6.07) is 13.6. The Hall–Kier alpha value is -0.780. The van der Waals surface area contributed by atoms with Crippen LogP contribution in [-0.4, -0.2) is 7.05 Å². The van der Waals surface area contributed by atoms with Crippen LogP contribution in [-0.2, 0) is 6.54 Å². The van der Waals surface area contributed by atoms with Gasteiger partial charge in [-0.2, -0.15) is 0 Å². The summed E-state index contributed by atoms with van der Waals surface area (Å²) >= 11 is 8.45. The van der Waals surface area contributed by atoms with E-state index in [-0.39, 0.29) is 0 Å². The zero-order valence-corrected chi connectivity index (χ0v) is 12.8. The fraction of sp³-hybridized carbons (Fsp3) is 0.143. The SMILES string of the molecule is CNCc1c(Cl)cccc1Oc1cccc(I)c1. The standard InChI is InChI=1S/C14H13ClINO/c1-17-9-12-13(15)6-3-7-14(12)18-11-5-2-4-10(16)8-11/h2-8,17H,9H2,1H3. The Morgan fingerprint density at radius 2 is 2.00 bits per heavy atom. The molecule has 0 spiro atoms.